The molecule has 0 fully saturated rings. The van der Waals surface area contributed by atoms with Gasteiger partial charge >= 0.3 is 0 Å². The van der Waals surface area contributed by atoms with Crippen molar-refractivity contribution in [3.63, 3.8) is 0 Å². The molecule has 0 amide bonds. The number of aromatic nitrogens is 1. The zero-order chi connectivity index (χ0) is 20.2. The molecule has 1 aliphatic heterocycles. The average Bonchev–Trinajstić information content (AvgIpc) is 3.27. The third-order valence-corrected chi connectivity index (χ3v) is 6.41. The first-order valence-corrected chi connectivity index (χ1v) is 10.9. The van der Waals surface area contributed by atoms with Crippen molar-refractivity contribution in [2.45, 2.75) is 11.4 Å². The summed E-state index contributed by atoms with van der Waals surface area (Å²) in [4.78, 5) is 11.9. The summed E-state index contributed by atoms with van der Waals surface area (Å²) in [5.41, 5.74) is 4.59. The fraction of sp³-hybridized carbons (Fsp3) is 0.0769. The molecule has 2 atom stereocenters. The Morgan fingerprint density at radius 3 is 1.83 bits per heavy atom. The number of para-hydroxylation sites is 2. The Kier molecular flexibility index (Phi) is 5.32. The van der Waals surface area contributed by atoms with Crippen molar-refractivity contribution in [2.24, 2.45) is 4.99 Å². The summed E-state index contributed by atoms with van der Waals surface area (Å²) >= 11 is 1.80. The molecule has 4 aromatic rings. The SMILES string of the molecule is c1ccc(C2N=C(c3cccnc3)SC2N(c2ccccc2)c2ccccc2)cc1. The summed E-state index contributed by atoms with van der Waals surface area (Å²) < 4.78 is 0. The van der Waals surface area contributed by atoms with Crippen LogP contribution in [0.5, 0.6) is 0 Å². The highest BCUT2D eigenvalue weighted by Crippen LogP contribution is 2.45. The lowest BCUT2D eigenvalue weighted by molar-refractivity contribution is 0.694. The Hall–Kier alpha value is -3.37. The van der Waals surface area contributed by atoms with Gasteiger partial charge in [0.1, 0.15) is 16.5 Å². The van der Waals surface area contributed by atoms with E-state index in [0.717, 1.165) is 22.0 Å². The smallest absolute Gasteiger partial charge is 0.112 e. The summed E-state index contributed by atoms with van der Waals surface area (Å²) in [6.07, 6.45) is 3.70. The fourth-order valence-corrected chi connectivity index (χ4v) is 5.09. The van der Waals surface area contributed by atoms with Gasteiger partial charge in [0.2, 0.25) is 0 Å². The Morgan fingerprint density at radius 1 is 0.667 bits per heavy atom. The van der Waals surface area contributed by atoms with E-state index in [9.17, 15) is 0 Å². The average molecular weight is 408 g/mol. The van der Waals surface area contributed by atoms with Crippen LogP contribution in [0.25, 0.3) is 0 Å². The van der Waals surface area contributed by atoms with Gasteiger partial charge < -0.3 is 4.90 Å². The first kappa shape index (κ1) is 18.6. The van der Waals surface area contributed by atoms with Crippen molar-refractivity contribution in [2.75, 3.05) is 4.90 Å². The largest absolute Gasteiger partial charge is 0.326 e. The fourth-order valence-electron chi connectivity index (χ4n) is 3.73. The van der Waals surface area contributed by atoms with E-state index in [1.807, 2.05) is 12.3 Å². The number of anilines is 2. The number of nitrogens with zero attached hydrogens (tertiary/aromatic N) is 3. The molecule has 5 rings (SSSR count). The van der Waals surface area contributed by atoms with E-state index in [1.165, 1.54) is 5.56 Å². The highest BCUT2D eigenvalue weighted by Gasteiger charge is 2.37. The molecule has 0 aliphatic carbocycles. The number of pyridine rings is 1. The van der Waals surface area contributed by atoms with E-state index in [2.05, 4.69) is 107 Å². The molecule has 0 N–H and O–H groups in total. The number of thioether (sulfide) groups is 1. The maximum Gasteiger partial charge on any atom is 0.112 e. The van der Waals surface area contributed by atoms with Gasteiger partial charge in [-0.3, -0.25) is 9.98 Å². The Balaban J connectivity index is 1.62. The molecule has 30 heavy (non-hydrogen) atoms. The minimum Gasteiger partial charge on any atom is -0.326 e. The molecule has 0 saturated carbocycles. The van der Waals surface area contributed by atoms with Gasteiger partial charge in [-0.05, 0) is 42.0 Å². The van der Waals surface area contributed by atoms with Gasteiger partial charge in [0.05, 0.1) is 0 Å². The van der Waals surface area contributed by atoms with Crippen LogP contribution in [0.15, 0.2) is 121 Å². The Bertz CT molecular complexity index is 1080. The van der Waals surface area contributed by atoms with E-state index in [1.54, 1.807) is 18.0 Å². The highest BCUT2D eigenvalue weighted by molar-refractivity contribution is 8.15. The van der Waals surface area contributed by atoms with Crippen molar-refractivity contribution >= 4 is 28.2 Å². The third-order valence-electron chi connectivity index (χ3n) is 5.13. The van der Waals surface area contributed by atoms with Crippen molar-refractivity contribution in [3.8, 4) is 0 Å². The maximum atomic E-state index is 5.18. The van der Waals surface area contributed by atoms with Crippen molar-refractivity contribution in [1.82, 2.24) is 4.98 Å². The van der Waals surface area contributed by atoms with Crippen LogP contribution in [-0.2, 0) is 0 Å². The topological polar surface area (TPSA) is 28.5 Å². The van der Waals surface area contributed by atoms with E-state index < -0.39 is 0 Å². The summed E-state index contributed by atoms with van der Waals surface area (Å²) in [6.45, 7) is 0. The second-order valence-corrected chi connectivity index (χ2v) is 8.19. The molecule has 0 saturated heterocycles. The van der Waals surface area contributed by atoms with Gasteiger partial charge in [-0.2, -0.15) is 0 Å². The second kappa shape index (κ2) is 8.56. The quantitative estimate of drug-likeness (QED) is 0.379. The van der Waals surface area contributed by atoms with Crippen LogP contribution < -0.4 is 4.90 Å². The van der Waals surface area contributed by atoms with Crippen LogP contribution in [0, 0.1) is 0 Å². The zero-order valence-electron chi connectivity index (χ0n) is 16.4. The number of hydrogen-bond donors (Lipinski definition) is 0. The lowest BCUT2D eigenvalue weighted by Gasteiger charge is -2.33. The normalized spacial score (nSPS) is 18.1. The van der Waals surface area contributed by atoms with Crippen LogP contribution >= 0.6 is 11.8 Å². The molecule has 4 heteroatoms. The number of rotatable bonds is 5. The van der Waals surface area contributed by atoms with Crippen molar-refractivity contribution in [3.05, 3.63) is 127 Å². The minimum atomic E-state index is 0.00631. The summed E-state index contributed by atoms with van der Waals surface area (Å²) in [5.74, 6) is 0. The summed E-state index contributed by atoms with van der Waals surface area (Å²) in [6, 6.07) is 35.7. The predicted octanol–water partition coefficient (Wildman–Crippen LogP) is 6.48. The van der Waals surface area contributed by atoms with E-state index in [4.69, 9.17) is 4.99 Å². The standard InChI is InChI=1S/C26H21N3S/c1-4-11-20(12-5-1)24-26(30-25(28-24)21-13-10-18-27-19-21)29(22-14-6-2-7-15-22)23-16-8-3-9-17-23/h1-19,24,26H. The van der Waals surface area contributed by atoms with Crippen LogP contribution in [-0.4, -0.2) is 15.4 Å². The second-order valence-electron chi connectivity index (χ2n) is 7.08. The molecule has 3 aromatic carbocycles. The van der Waals surface area contributed by atoms with E-state index >= 15 is 0 Å². The molecule has 0 spiro atoms. The lowest BCUT2D eigenvalue weighted by atomic mass is 10.1. The van der Waals surface area contributed by atoms with Crippen LogP contribution in [0.3, 0.4) is 0 Å². The van der Waals surface area contributed by atoms with Crippen LogP contribution in [0.2, 0.25) is 0 Å². The summed E-state index contributed by atoms with van der Waals surface area (Å²) in [7, 11) is 0. The van der Waals surface area contributed by atoms with Crippen LogP contribution in [0.1, 0.15) is 17.2 Å². The Morgan fingerprint density at radius 2 is 1.27 bits per heavy atom. The number of aliphatic imine (C=N–C) groups is 1. The van der Waals surface area contributed by atoms with Crippen molar-refractivity contribution in [1.29, 1.82) is 0 Å². The summed E-state index contributed by atoms with van der Waals surface area (Å²) in [5, 5.41) is 1.12. The lowest BCUT2D eigenvalue weighted by Crippen LogP contribution is -2.31. The first-order valence-electron chi connectivity index (χ1n) is 9.99. The molecule has 2 unspecified atom stereocenters. The van der Waals surface area contributed by atoms with E-state index in [0.29, 0.717) is 0 Å². The number of hydrogen-bond acceptors (Lipinski definition) is 4. The first-order chi connectivity index (χ1) is 14.9. The number of benzene rings is 3. The van der Waals surface area contributed by atoms with Gasteiger partial charge in [0.15, 0.2) is 0 Å². The van der Waals surface area contributed by atoms with Gasteiger partial charge in [-0.1, -0.05) is 78.5 Å². The van der Waals surface area contributed by atoms with Crippen LogP contribution in [0.4, 0.5) is 11.4 Å². The van der Waals surface area contributed by atoms with Gasteiger partial charge in [0, 0.05) is 29.3 Å². The molecule has 0 radical (unpaired) electrons. The molecular weight excluding hydrogens is 386 g/mol. The zero-order valence-corrected chi connectivity index (χ0v) is 17.2. The molecule has 2 heterocycles. The molecule has 3 nitrogen and oxygen atoms in total. The predicted molar refractivity (Wildman–Crippen MR) is 126 cm³/mol. The Labute approximate surface area is 181 Å². The third kappa shape index (κ3) is 3.74. The maximum absolute atomic E-state index is 5.18. The van der Waals surface area contributed by atoms with E-state index in [-0.39, 0.29) is 11.4 Å². The monoisotopic (exact) mass is 407 g/mol. The highest BCUT2D eigenvalue weighted by atomic mass is 32.2. The molecule has 146 valence electrons. The molecular formula is C26H21N3S. The molecule has 1 aromatic heterocycles. The van der Waals surface area contributed by atoms with Gasteiger partial charge in [-0.15, -0.1) is 0 Å². The molecule has 1 aliphatic rings. The minimum absolute atomic E-state index is 0.00631. The van der Waals surface area contributed by atoms with Gasteiger partial charge in [0.25, 0.3) is 0 Å². The van der Waals surface area contributed by atoms with Crippen molar-refractivity contribution < 1.29 is 0 Å². The van der Waals surface area contributed by atoms with Gasteiger partial charge in [-0.25, -0.2) is 0 Å². The molecule has 0 bridgehead atoms.